The summed E-state index contributed by atoms with van der Waals surface area (Å²) in [5.74, 6) is 0.864. The highest BCUT2D eigenvalue weighted by atomic mass is 35.5. The van der Waals surface area contributed by atoms with Crippen LogP contribution in [0.1, 0.15) is 24.0 Å². The van der Waals surface area contributed by atoms with E-state index in [9.17, 15) is 0 Å². The van der Waals surface area contributed by atoms with Crippen molar-refractivity contribution < 1.29 is 0 Å². The van der Waals surface area contributed by atoms with E-state index in [0.717, 1.165) is 10.9 Å². The number of hydrogen-bond acceptors (Lipinski definition) is 1. The molecule has 2 heteroatoms. The molecule has 0 bridgehead atoms. The lowest BCUT2D eigenvalue weighted by Gasteiger charge is -2.10. The zero-order valence-corrected chi connectivity index (χ0v) is 9.98. The number of halogens is 1. The van der Waals surface area contributed by atoms with Crippen molar-refractivity contribution >= 4 is 11.6 Å². The lowest BCUT2D eigenvalue weighted by atomic mass is 9.96. The van der Waals surface area contributed by atoms with Crippen molar-refractivity contribution in [3.63, 3.8) is 0 Å². The Bertz CT molecular complexity index is 329. The zero-order valence-electron chi connectivity index (χ0n) is 9.22. The van der Waals surface area contributed by atoms with E-state index in [1.165, 1.54) is 43.5 Å². The van der Waals surface area contributed by atoms with Crippen molar-refractivity contribution in [2.45, 2.75) is 26.2 Å². The molecule has 1 heterocycles. The second-order valence-electron chi connectivity index (χ2n) is 4.47. The van der Waals surface area contributed by atoms with Crippen LogP contribution < -0.4 is 5.32 Å². The fraction of sp³-hybridized carbons (Fsp3) is 0.538. The third kappa shape index (κ3) is 2.96. The van der Waals surface area contributed by atoms with Gasteiger partial charge in [0.1, 0.15) is 0 Å². The third-order valence-corrected chi connectivity index (χ3v) is 3.53. The first kappa shape index (κ1) is 11.0. The molecule has 0 aromatic heterocycles. The van der Waals surface area contributed by atoms with Crippen LogP contribution in [0, 0.1) is 12.8 Å². The van der Waals surface area contributed by atoms with Gasteiger partial charge < -0.3 is 5.32 Å². The Morgan fingerprint density at radius 3 is 3.07 bits per heavy atom. The Kier molecular flexibility index (Phi) is 3.66. The summed E-state index contributed by atoms with van der Waals surface area (Å²) in [5.41, 5.74) is 2.78. The Morgan fingerprint density at radius 2 is 2.33 bits per heavy atom. The van der Waals surface area contributed by atoms with Crippen molar-refractivity contribution in [3.8, 4) is 0 Å². The molecule has 1 fully saturated rings. The van der Waals surface area contributed by atoms with Gasteiger partial charge in [-0.25, -0.2) is 0 Å². The Hall–Kier alpha value is -0.530. The predicted molar refractivity (Wildman–Crippen MR) is 65.5 cm³/mol. The number of nitrogens with one attached hydrogen (secondary N) is 1. The highest BCUT2D eigenvalue weighted by molar-refractivity contribution is 6.30. The predicted octanol–water partition coefficient (Wildman–Crippen LogP) is 3.19. The number of benzene rings is 1. The minimum Gasteiger partial charge on any atom is -0.316 e. The SMILES string of the molecule is Cc1ccc(Cl)cc1CCC1CCNC1. The average molecular weight is 224 g/mol. The molecule has 15 heavy (non-hydrogen) atoms. The summed E-state index contributed by atoms with van der Waals surface area (Å²) in [5, 5.41) is 4.27. The largest absolute Gasteiger partial charge is 0.316 e. The van der Waals surface area contributed by atoms with E-state index < -0.39 is 0 Å². The molecular formula is C13H18ClN. The van der Waals surface area contributed by atoms with Gasteiger partial charge in [0.25, 0.3) is 0 Å². The van der Waals surface area contributed by atoms with Gasteiger partial charge in [0, 0.05) is 5.02 Å². The standard InChI is InChI=1S/C13H18ClN/c1-10-2-5-13(14)8-12(10)4-3-11-6-7-15-9-11/h2,5,8,11,15H,3-4,6-7,9H2,1H3. The fourth-order valence-corrected chi connectivity index (χ4v) is 2.42. The molecule has 1 unspecified atom stereocenters. The van der Waals surface area contributed by atoms with Crippen LogP contribution in [0.4, 0.5) is 0 Å². The molecule has 0 spiro atoms. The topological polar surface area (TPSA) is 12.0 Å². The molecule has 1 nitrogen and oxygen atoms in total. The third-order valence-electron chi connectivity index (χ3n) is 3.30. The Morgan fingerprint density at radius 1 is 1.47 bits per heavy atom. The summed E-state index contributed by atoms with van der Waals surface area (Å²) in [6.45, 7) is 4.55. The van der Waals surface area contributed by atoms with Crippen LogP contribution in [0.3, 0.4) is 0 Å². The molecule has 1 N–H and O–H groups in total. The molecule has 1 aliphatic rings. The quantitative estimate of drug-likeness (QED) is 0.830. The van der Waals surface area contributed by atoms with Crippen molar-refractivity contribution in [2.75, 3.05) is 13.1 Å². The van der Waals surface area contributed by atoms with Gasteiger partial charge in [-0.05, 0) is 68.5 Å². The molecule has 0 amide bonds. The molecule has 0 saturated carbocycles. The first-order valence-electron chi connectivity index (χ1n) is 5.71. The van der Waals surface area contributed by atoms with Gasteiger partial charge in [-0.3, -0.25) is 0 Å². The van der Waals surface area contributed by atoms with E-state index in [-0.39, 0.29) is 0 Å². The molecular weight excluding hydrogens is 206 g/mol. The van der Waals surface area contributed by atoms with Gasteiger partial charge in [-0.2, -0.15) is 0 Å². The number of rotatable bonds is 3. The van der Waals surface area contributed by atoms with Gasteiger partial charge in [-0.1, -0.05) is 17.7 Å². The summed E-state index contributed by atoms with van der Waals surface area (Å²) in [7, 11) is 0. The maximum Gasteiger partial charge on any atom is 0.0408 e. The minimum atomic E-state index is 0.861. The first-order chi connectivity index (χ1) is 7.25. The smallest absolute Gasteiger partial charge is 0.0408 e. The molecule has 82 valence electrons. The monoisotopic (exact) mass is 223 g/mol. The lowest BCUT2D eigenvalue weighted by molar-refractivity contribution is 0.532. The molecule has 1 aliphatic heterocycles. The fourth-order valence-electron chi connectivity index (χ4n) is 2.23. The lowest BCUT2D eigenvalue weighted by Crippen LogP contribution is -2.09. The minimum absolute atomic E-state index is 0.861. The molecule has 2 rings (SSSR count). The summed E-state index contributed by atoms with van der Waals surface area (Å²) in [6.07, 6.45) is 3.78. The Balaban J connectivity index is 1.94. The average Bonchev–Trinajstić information content (AvgIpc) is 2.72. The highest BCUT2D eigenvalue weighted by Gasteiger charge is 2.14. The normalized spacial score (nSPS) is 20.8. The highest BCUT2D eigenvalue weighted by Crippen LogP contribution is 2.20. The molecule has 1 atom stereocenters. The van der Waals surface area contributed by atoms with Gasteiger partial charge in [0.2, 0.25) is 0 Å². The van der Waals surface area contributed by atoms with Crippen LogP contribution in [-0.4, -0.2) is 13.1 Å². The van der Waals surface area contributed by atoms with Crippen molar-refractivity contribution in [1.82, 2.24) is 5.32 Å². The van der Waals surface area contributed by atoms with Crippen LogP contribution in [0.5, 0.6) is 0 Å². The molecule has 0 radical (unpaired) electrons. The number of hydrogen-bond donors (Lipinski definition) is 1. The summed E-state index contributed by atoms with van der Waals surface area (Å²) in [6, 6.07) is 6.20. The second kappa shape index (κ2) is 5.00. The number of aryl methyl sites for hydroxylation is 2. The molecule has 1 aromatic rings. The maximum absolute atomic E-state index is 6.00. The van der Waals surface area contributed by atoms with Crippen molar-refractivity contribution in [1.29, 1.82) is 0 Å². The zero-order chi connectivity index (χ0) is 10.7. The maximum atomic E-state index is 6.00. The second-order valence-corrected chi connectivity index (χ2v) is 4.90. The van der Waals surface area contributed by atoms with Gasteiger partial charge >= 0.3 is 0 Å². The van der Waals surface area contributed by atoms with Gasteiger partial charge in [0.15, 0.2) is 0 Å². The van der Waals surface area contributed by atoms with E-state index in [2.05, 4.69) is 24.4 Å². The van der Waals surface area contributed by atoms with Crippen LogP contribution in [0.2, 0.25) is 5.02 Å². The first-order valence-corrected chi connectivity index (χ1v) is 6.09. The van der Waals surface area contributed by atoms with Crippen LogP contribution in [0.15, 0.2) is 18.2 Å². The van der Waals surface area contributed by atoms with Crippen molar-refractivity contribution in [2.24, 2.45) is 5.92 Å². The van der Waals surface area contributed by atoms with E-state index in [4.69, 9.17) is 11.6 Å². The van der Waals surface area contributed by atoms with E-state index in [1.54, 1.807) is 0 Å². The summed E-state index contributed by atoms with van der Waals surface area (Å²) < 4.78 is 0. The van der Waals surface area contributed by atoms with Crippen LogP contribution >= 0.6 is 11.6 Å². The summed E-state index contributed by atoms with van der Waals surface area (Å²) >= 11 is 6.00. The van der Waals surface area contributed by atoms with E-state index in [1.807, 2.05) is 6.07 Å². The van der Waals surface area contributed by atoms with Crippen LogP contribution in [-0.2, 0) is 6.42 Å². The summed E-state index contributed by atoms with van der Waals surface area (Å²) in [4.78, 5) is 0. The van der Waals surface area contributed by atoms with Crippen LogP contribution in [0.25, 0.3) is 0 Å². The molecule has 1 aromatic carbocycles. The molecule has 0 aliphatic carbocycles. The van der Waals surface area contributed by atoms with E-state index in [0.29, 0.717) is 0 Å². The Labute approximate surface area is 96.8 Å². The van der Waals surface area contributed by atoms with Crippen molar-refractivity contribution in [3.05, 3.63) is 34.3 Å². The van der Waals surface area contributed by atoms with Gasteiger partial charge in [-0.15, -0.1) is 0 Å². The van der Waals surface area contributed by atoms with E-state index >= 15 is 0 Å². The molecule has 1 saturated heterocycles. The van der Waals surface area contributed by atoms with Gasteiger partial charge in [0.05, 0.1) is 0 Å².